The fraction of sp³-hybridized carbons (Fsp3) is 0.588. The average Bonchev–Trinajstić information content (AvgIpc) is 2.49. The van der Waals surface area contributed by atoms with Gasteiger partial charge in [-0.05, 0) is 43.9 Å². The van der Waals surface area contributed by atoms with Crippen LogP contribution in [0.3, 0.4) is 0 Å². The quantitative estimate of drug-likeness (QED) is 0.836. The van der Waals surface area contributed by atoms with Gasteiger partial charge < -0.3 is 4.90 Å². The van der Waals surface area contributed by atoms with Crippen LogP contribution in [0, 0.1) is 6.92 Å². The lowest BCUT2D eigenvalue weighted by molar-refractivity contribution is -0.133. The SMILES string of the molecule is Cc1ccc(CN(C)CC(=O)N(C)C2CCSCC2)cc1. The molecule has 1 saturated heterocycles. The number of amides is 1. The van der Waals surface area contributed by atoms with E-state index in [1.165, 1.54) is 22.6 Å². The van der Waals surface area contributed by atoms with E-state index in [0.29, 0.717) is 12.6 Å². The molecule has 0 bridgehead atoms. The Morgan fingerprint density at radius 3 is 2.43 bits per heavy atom. The van der Waals surface area contributed by atoms with Crippen LogP contribution in [0.25, 0.3) is 0 Å². The number of rotatable bonds is 5. The molecule has 1 amide bonds. The highest BCUT2D eigenvalue weighted by Crippen LogP contribution is 2.21. The van der Waals surface area contributed by atoms with Gasteiger partial charge in [0.2, 0.25) is 5.91 Å². The fourth-order valence-electron chi connectivity index (χ4n) is 2.68. The number of hydrogen-bond acceptors (Lipinski definition) is 3. The maximum atomic E-state index is 12.4. The minimum atomic E-state index is 0.238. The first-order valence-corrected chi connectivity index (χ1v) is 8.79. The Balaban J connectivity index is 1.82. The third-order valence-corrected chi connectivity index (χ3v) is 5.16. The van der Waals surface area contributed by atoms with E-state index in [2.05, 4.69) is 36.1 Å². The zero-order chi connectivity index (χ0) is 15.2. The molecule has 0 spiro atoms. The summed E-state index contributed by atoms with van der Waals surface area (Å²) >= 11 is 2.00. The smallest absolute Gasteiger partial charge is 0.236 e. The Morgan fingerprint density at radius 2 is 1.81 bits per heavy atom. The van der Waals surface area contributed by atoms with Gasteiger partial charge in [-0.3, -0.25) is 9.69 Å². The molecule has 0 atom stereocenters. The average molecular weight is 306 g/mol. The molecule has 0 aromatic heterocycles. The van der Waals surface area contributed by atoms with Gasteiger partial charge in [0, 0.05) is 19.6 Å². The molecule has 0 aliphatic carbocycles. The number of thioether (sulfide) groups is 1. The number of hydrogen-bond donors (Lipinski definition) is 0. The summed E-state index contributed by atoms with van der Waals surface area (Å²) in [7, 11) is 3.98. The summed E-state index contributed by atoms with van der Waals surface area (Å²) in [6.07, 6.45) is 2.27. The number of carbonyl (C=O) groups excluding carboxylic acids is 1. The lowest BCUT2D eigenvalue weighted by atomic mass is 10.1. The Labute approximate surface area is 132 Å². The molecule has 1 aliphatic rings. The van der Waals surface area contributed by atoms with Crippen LogP contribution in [0.4, 0.5) is 0 Å². The second-order valence-electron chi connectivity index (χ2n) is 6.01. The highest BCUT2D eigenvalue weighted by atomic mass is 32.2. The first kappa shape index (κ1) is 16.4. The van der Waals surface area contributed by atoms with Crippen molar-refractivity contribution in [2.45, 2.75) is 32.4 Å². The van der Waals surface area contributed by atoms with Gasteiger partial charge in [0.25, 0.3) is 0 Å². The maximum Gasteiger partial charge on any atom is 0.236 e. The van der Waals surface area contributed by atoms with Crippen LogP contribution in [0.5, 0.6) is 0 Å². The van der Waals surface area contributed by atoms with Crippen molar-refractivity contribution in [3.63, 3.8) is 0 Å². The van der Waals surface area contributed by atoms with Crippen LogP contribution in [0.1, 0.15) is 24.0 Å². The second kappa shape index (κ2) is 7.85. The summed E-state index contributed by atoms with van der Waals surface area (Å²) in [5, 5.41) is 0. The fourth-order valence-corrected chi connectivity index (χ4v) is 3.76. The summed E-state index contributed by atoms with van der Waals surface area (Å²) < 4.78 is 0. The molecule has 1 aromatic carbocycles. The summed E-state index contributed by atoms with van der Waals surface area (Å²) in [5.74, 6) is 2.60. The van der Waals surface area contributed by atoms with Crippen molar-refractivity contribution in [2.75, 3.05) is 32.1 Å². The largest absolute Gasteiger partial charge is 0.342 e. The van der Waals surface area contributed by atoms with Crippen molar-refractivity contribution in [1.29, 1.82) is 0 Å². The normalized spacial score (nSPS) is 16.2. The van der Waals surface area contributed by atoms with Crippen LogP contribution < -0.4 is 0 Å². The van der Waals surface area contributed by atoms with E-state index in [-0.39, 0.29) is 5.91 Å². The molecule has 3 nitrogen and oxygen atoms in total. The van der Waals surface area contributed by atoms with Crippen molar-refractivity contribution in [2.24, 2.45) is 0 Å². The molecule has 1 aromatic rings. The van der Waals surface area contributed by atoms with Gasteiger partial charge in [-0.1, -0.05) is 29.8 Å². The van der Waals surface area contributed by atoms with Gasteiger partial charge in [-0.15, -0.1) is 0 Å². The van der Waals surface area contributed by atoms with Crippen LogP contribution in [-0.2, 0) is 11.3 Å². The first-order valence-electron chi connectivity index (χ1n) is 7.64. The van der Waals surface area contributed by atoms with Crippen molar-refractivity contribution < 1.29 is 4.79 Å². The molecule has 0 unspecified atom stereocenters. The Kier molecular flexibility index (Phi) is 6.12. The third-order valence-electron chi connectivity index (χ3n) is 4.11. The van der Waals surface area contributed by atoms with Gasteiger partial charge in [0.15, 0.2) is 0 Å². The number of nitrogens with zero attached hydrogens (tertiary/aromatic N) is 2. The van der Waals surface area contributed by atoms with Gasteiger partial charge in [-0.2, -0.15) is 11.8 Å². The van der Waals surface area contributed by atoms with Crippen molar-refractivity contribution in [3.05, 3.63) is 35.4 Å². The van der Waals surface area contributed by atoms with E-state index in [1.54, 1.807) is 0 Å². The van der Waals surface area contributed by atoms with E-state index >= 15 is 0 Å². The lowest BCUT2D eigenvalue weighted by Gasteiger charge is -2.32. The first-order chi connectivity index (χ1) is 10.1. The van der Waals surface area contributed by atoms with Gasteiger partial charge >= 0.3 is 0 Å². The van der Waals surface area contributed by atoms with E-state index < -0.39 is 0 Å². The standard InChI is InChI=1S/C17H26N2OS/c1-14-4-6-15(7-5-14)12-18(2)13-17(20)19(3)16-8-10-21-11-9-16/h4-7,16H,8-13H2,1-3H3. The minimum absolute atomic E-state index is 0.238. The summed E-state index contributed by atoms with van der Waals surface area (Å²) in [6, 6.07) is 8.95. The summed E-state index contributed by atoms with van der Waals surface area (Å²) in [4.78, 5) is 16.4. The molecule has 116 valence electrons. The summed E-state index contributed by atoms with van der Waals surface area (Å²) in [5.41, 5.74) is 2.53. The van der Waals surface area contributed by atoms with Gasteiger partial charge in [0.1, 0.15) is 0 Å². The molecule has 1 fully saturated rings. The van der Waals surface area contributed by atoms with Crippen LogP contribution in [-0.4, -0.2) is 53.9 Å². The van der Waals surface area contributed by atoms with Crippen LogP contribution >= 0.6 is 11.8 Å². The highest BCUT2D eigenvalue weighted by Gasteiger charge is 2.22. The van der Waals surface area contributed by atoms with Crippen LogP contribution in [0.2, 0.25) is 0 Å². The van der Waals surface area contributed by atoms with Crippen LogP contribution in [0.15, 0.2) is 24.3 Å². The topological polar surface area (TPSA) is 23.6 Å². The molecule has 0 N–H and O–H groups in total. The monoisotopic (exact) mass is 306 g/mol. The van der Waals surface area contributed by atoms with Gasteiger partial charge in [0.05, 0.1) is 6.54 Å². The zero-order valence-electron chi connectivity index (χ0n) is 13.3. The minimum Gasteiger partial charge on any atom is -0.342 e. The van der Waals surface area contributed by atoms with E-state index in [1.807, 2.05) is 30.8 Å². The van der Waals surface area contributed by atoms with E-state index in [0.717, 1.165) is 19.4 Å². The van der Waals surface area contributed by atoms with Crippen molar-refractivity contribution in [3.8, 4) is 0 Å². The lowest BCUT2D eigenvalue weighted by Crippen LogP contribution is -2.43. The predicted octanol–water partition coefficient (Wildman–Crippen LogP) is 2.78. The molecular formula is C17H26N2OS. The molecule has 4 heteroatoms. The zero-order valence-corrected chi connectivity index (χ0v) is 14.2. The Bertz CT molecular complexity index is 454. The molecule has 2 rings (SSSR count). The third kappa shape index (κ3) is 5.04. The second-order valence-corrected chi connectivity index (χ2v) is 7.23. The van der Waals surface area contributed by atoms with E-state index in [4.69, 9.17) is 0 Å². The Hall–Kier alpha value is -1.00. The highest BCUT2D eigenvalue weighted by molar-refractivity contribution is 7.99. The predicted molar refractivity (Wildman–Crippen MR) is 90.6 cm³/mol. The molecule has 1 aliphatic heterocycles. The summed E-state index contributed by atoms with van der Waals surface area (Å²) in [6.45, 7) is 3.41. The number of aryl methyl sites for hydroxylation is 1. The van der Waals surface area contributed by atoms with E-state index in [9.17, 15) is 4.79 Å². The maximum absolute atomic E-state index is 12.4. The molecule has 0 radical (unpaired) electrons. The van der Waals surface area contributed by atoms with Crippen molar-refractivity contribution in [1.82, 2.24) is 9.80 Å². The molecule has 0 saturated carbocycles. The number of likely N-dealkylation sites (N-methyl/N-ethyl adjacent to an activating group) is 2. The van der Waals surface area contributed by atoms with Crippen molar-refractivity contribution >= 4 is 17.7 Å². The van der Waals surface area contributed by atoms with Gasteiger partial charge in [-0.25, -0.2) is 0 Å². The number of benzene rings is 1. The Morgan fingerprint density at radius 1 is 1.19 bits per heavy atom. The molecule has 1 heterocycles. The number of carbonyl (C=O) groups is 1. The molecule has 21 heavy (non-hydrogen) atoms. The molecular weight excluding hydrogens is 280 g/mol.